The predicted octanol–water partition coefficient (Wildman–Crippen LogP) is 3.00. The minimum atomic E-state index is -3.76. The Balaban J connectivity index is 0.00000280. The van der Waals surface area contributed by atoms with Gasteiger partial charge in [0.15, 0.2) is 0 Å². The first-order chi connectivity index (χ1) is 12.9. The number of hydrogen-bond acceptors (Lipinski definition) is 4. The lowest BCUT2D eigenvalue weighted by atomic mass is 10.1. The number of carbonyl (C=O) groups is 1. The second-order valence-corrected chi connectivity index (χ2v) is 8.37. The molecular formula is C20H26ClN3O3S. The molecule has 1 aliphatic rings. The van der Waals surface area contributed by atoms with E-state index < -0.39 is 10.0 Å². The standard InChI is InChI=1S/C20H25N3O3S.ClH/c1-3-22-12-14-23(15-13-22)20(24)18-6-4-5-7-19(18)21-27(25,26)17-10-8-16(2)9-11-17;/h4-11,21H,3,12-15H2,1-2H3;1H. The van der Waals surface area contributed by atoms with Crippen LogP contribution in [0.1, 0.15) is 22.8 Å². The molecule has 0 aliphatic carbocycles. The first-order valence-electron chi connectivity index (χ1n) is 9.11. The van der Waals surface area contributed by atoms with Gasteiger partial charge in [0, 0.05) is 26.2 Å². The van der Waals surface area contributed by atoms with Crippen LogP contribution in [-0.4, -0.2) is 56.8 Å². The second-order valence-electron chi connectivity index (χ2n) is 6.69. The molecule has 0 radical (unpaired) electrons. The van der Waals surface area contributed by atoms with Gasteiger partial charge < -0.3 is 9.80 Å². The van der Waals surface area contributed by atoms with E-state index in [1.807, 2.05) is 6.92 Å². The van der Waals surface area contributed by atoms with Crippen LogP contribution in [0, 0.1) is 6.92 Å². The summed E-state index contributed by atoms with van der Waals surface area (Å²) >= 11 is 0. The number of nitrogens with zero attached hydrogens (tertiary/aromatic N) is 2. The smallest absolute Gasteiger partial charge is 0.261 e. The van der Waals surface area contributed by atoms with Gasteiger partial charge in [0.2, 0.25) is 0 Å². The van der Waals surface area contributed by atoms with E-state index in [0.717, 1.165) is 25.2 Å². The molecule has 2 aromatic carbocycles. The highest BCUT2D eigenvalue weighted by Gasteiger charge is 2.24. The van der Waals surface area contributed by atoms with Gasteiger partial charge >= 0.3 is 0 Å². The van der Waals surface area contributed by atoms with Crippen molar-refractivity contribution in [3.8, 4) is 0 Å². The summed E-state index contributed by atoms with van der Waals surface area (Å²) < 4.78 is 28.0. The number of aryl methyl sites for hydroxylation is 1. The quantitative estimate of drug-likeness (QED) is 0.802. The fourth-order valence-corrected chi connectivity index (χ4v) is 4.20. The normalized spacial score (nSPS) is 15.0. The molecule has 6 nitrogen and oxygen atoms in total. The zero-order valence-corrected chi connectivity index (χ0v) is 17.7. The van der Waals surface area contributed by atoms with E-state index in [2.05, 4.69) is 16.5 Å². The van der Waals surface area contributed by atoms with E-state index in [4.69, 9.17) is 0 Å². The Kier molecular flexibility index (Phi) is 7.46. The van der Waals surface area contributed by atoms with Gasteiger partial charge in [-0.2, -0.15) is 0 Å². The highest BCUT2D eigenvalue weighted by atomic mass is 35.5. The van der Waals surface area contributed by atoms with Gasteiger partial charge in [-0.1, -0.05) is 36.8 Å². The van der Waals surface area contributed by atoms with E-state index in [-0.39, 0.29) is 23.2 Å². The Hall–Kier alpha value is -2.09. The van der Waals surface area contributed by atoms with Crippen LogP contribution in [-0.2, 0) is 10.0 Å². The fraction of sp³-hybridized carbons (Fsp3) is 0.350. The molecule has 28 heavy (non-hydrogen) atoms. The number of nitrogens with one attached hydrogen (secondary N) is 1. The molecule has 1 heterocycles. The highest BCUT2D eigenvalue weighted by molar-refractivity contribution is 7.92. The van der Waals surface area contributed by atoms with Crippen LogP contribution in [0.25, 0.3) is 0 Å². The Labute approximate surface area is 173 Å². The molecule has 0 spiro atoms. The Bertz CT molecular complexity index is 909. The fourth-order valence-electron chi connectivity index (χ4n) is 3.12. The molecule has 8 heteroatoms. The first-order valence-corrected chi connectivity index (χ1v) is 10.6. The molecule has 152 valence electrons. The summed E-state index contributed by atoms with van der Waals surface area (Å²) in [6.07, 6.45) is 0. The van der Waals surface area contributed by atoms with E-state index >= 15 is 0 Å². The number of halogens is 1. The van der Waals surface area contributed by atoms with Crippen molar-refractivity contribution in [1.29, 1.82) is 0 Å². The van der Waals surface area contributed by atoms with Crippen LogP contribution >= 0.6 is 12.4 Å². The molecule has 1 saturated heterocycles. The average Bonchev–Trinajstić information content (AvgIpc) is 2.68. The molecule has 0 saturated carbocycles. The summed E-state index contributed by atoms with van der Waals surface area (Å²) in [6.45, 7) is 7.92. The number of piperazine rings is 1. The minimum absolute atomic E-state index is 0. The van der Waals surface area contributed by atoms with Gasteiger partial charge in [0.25, 0.3) is 15.9 Å². The summed E-state index contributed by atoms with van der Waals surface area (Å²) in [5.74, 6) is -0.145. The number of benzene rings is 2. The monoisotopic (exact) mass is 423 g/mol. The molecule has 1 N–H and O–H groups in total. The summed E-state index contributed by atoms with van der Waals surface area (Å²) in [5.41, 5.74) is 1.66. The van der Waals surface area contributed by atoms with Crippen LogP contribution in [0.5, 0.6) is 0 Å². The number of rotatable bonds is 5. The van der Waals surface area contributed by atoms with E-state index in [1.54, 1.807) is 53.4 Å². The molecule has 0 unspecified atom stereocenters. The zero-order valence-electron chi connectivity index (χ0n) is 16.1. The minimum Gasteiger partial charge on any atom is -0.336 e. The predicted molar refractivity (Wildman–Crippen MR) is 114 cm³/mol. The van der Waals surface area contributed by atoms with Gasteiger partial charge in [-0.3, -0.25) is 9.52 Å². The third-order valence-electron chi connectivity index (χ3n) is 4.84. The lowest BCUT2D eigenvalue weighted by Crippen LogP contribution is -2.48. The zero-order chi connectivity index (χ0) is 19.4. The van der Waals surface area contributed by atoms with E-state index in [9.17, 15) is 13.2 Å². The van der Waals surface area contributed by atoms with Crippen molar-refractivity contribution in [2.75, 3.05) is 37.4 Å². The molecule has 1 aliphatic heterocycles. The molecule has 0 bridgehead atoms. The first kappa shape index (κ1) is 22.2. The van der Waals surface area contributed by atoms with Crippen molar-refractivity contribution < 1.29 is 13.2 Å². The van der Waals surface area contributed by atoms with Gasteiger partial charge in [-0.25, -0.2) is 8.42 Å². The van der Waals surface area contributed by atoms with Crippen LogP contribution in [0.15, 0.2) is 53.4 Å². The molecule has 0 atom stereocenters. The lowest BCUT2D eigenvalue weighted by molar-refractivity contribution is 0.0644. The number of anilines is 1. The number of hydrogen-bond donors (Lipinski definition) is 1. The van der Waals surface area contributed by atoms with Crippen molar-refractivity contribution in [2.24, 2.45) is 0 Å². The van der Waals surface area contributed by atoms with Gasteiger partial charge in [-0.05, 0) is 37.7 Å². The highest BCUT2D eigenvalue weighted by Crippen LogP contribution is 2.22. The SMILES string of the molecule is CCN1CCN(C(=O)c2ccccc2NS(=O)(=O)c2ccc(C)cc2)CC1.Cl. The maximum absolute atomic E-state index is 13.0. The largest absolute Gasteiger partial charge is 0.336 e. The van der Waals surface area contributed by atoms with Gasteiger partial charge in [-0.15, -0.1) is 12.4 Å². The maximum Gasteiger partial charge on any atom is 0.261 e. The Morgan fingerprint density at radius 3 is 2.21 bits per heavy atom. The Morgan fingerprint density at radius 1 is 1.00 bits per heavy atom. The summed E-state index contributed by atoms with van der Waals surface area (Å²) in [6, 6.07) is 13.4. The van der Waals surface area contributed by atoms with Crippen molar-refractivity contribution in [3.05, 3.63) is 59.7 Å². The molecular weight excluding hydrogens is 398 g/mol. The van der Waals surface area contributed by atoms with Crippen molar-refractivity contribution in [2.45, 2.75) is 18.7 Å². The second kappa shape index (κ2) is 9.41. The van der Waals surface area contributed by atoms with Crippen LogP contribution in [0.3, 0.4) is 0 Å². The number of carbonyl (C=O) groups excluding carboxylic acids is 1. The van der Waals surface area contributed by atoms with Crippen molar-refractivity contribution >= 4 is 34.0 Å². The molecule has 3 rings (SSSR count). The number of para-hydroxylation sites is 1. The van der Waals surface area contributed by atoms with Crippen molar-refractivity contribution in [3.63, 3.8) is 0 Å². The van der Waals surface area contributed by atoms with Gasteiger partial charge in [0.1, 0.15) is 0 Å². The number of sulfonamides is 1. The maximum atomic E-state index is 13.0. The Morgan fingerprint density at radius 2 is 1.61 bits per heavy atom. The topological polar surface area (TPSA) is 69.7 Å². The molecule has 1 amide bonds. The summed E-state index contributed by atoms with van der Waals surface area (Å²) in [7, 11) is -3.76. The van der Waals surface area contributed by atoms with Gasteiger partial charge in [0.05, 0.1) is 16.1 Å². The van der Waals surface area contributed by atoms with Crippen LogP contribution < -0.4 is 4.72 Å². The molecule has 0 aromatic heterocycles. The average molecular weight is 424 g/mol. The third kappa shape index (κ3) is 5.04. The van der Waals surface area contributed by atoms with E-state index in [1.165, 1.54) is 0 Å². The summed E-state index contributed by atoms with van der Waals surface area (Å²) in [5, 5.41) is 0. The summed E-state index contributed by atoms with van der Waals surface area (Å²) in [4.78, 5) is 17.2. The van der Waals surface area contributed by atoms with Crippen LogP contribution in [0.2, 0.25) is 0 Å². The molecule has 1 fully saturated rings. The lowest BCUT2D eigenvalue weighted by Gasteiger charge is -2.34. The number of amides is 1. The molecule has 2 aromatic rings. The van der Waals surface area contributed by atoms with Crippen molar-refractivity contribution in [1.82, 2.24) is 9.80 Å². The number of likely N-dealkylation sites (N-methyl/N-ethyl adjacent to an activating group) is 1. The van der Waals surface area contributed by atoms with E-state index in [0.29, 0.717) is 24.3 Å². The van der Waals surface area contributed by atoms with Crippen LogP contribution in [0.4, 0.5) is 5.69 Å². The third-order valence-corrected chi connectivity index (χ3v) is 6.22.